The van der Waals surface area contributed by atoms with Crippen molar-refractivity contribution < 1.29 is 36.3 Å². The second-order valence-electron chi connectivity index (χ2n) is 8.37. The van der Waals surface area contributed by atoms with Gasteiger partial charge in [-0.3, -0.25) is 4.79 Å². The van der Waals surface area contributed by atoms with Gasteiger partial charge in [-0.05, 0) is 41.9 Å². The van der Waals surface area contributed by atoms with Gasteiger partial charge in [0, 0.05) is 0 Å². The van der Waals surface area contributed by atoms with Crippen molar-refractivity contribution >= 4 is 39.8 Å². The Morgan fingerprint density at radius 2 is 1.13 bits per heavy atom. The highest BCUT2D eigenvalue weighted by Crippen LogP contribution is 2.48. The minimum absolute atomic E-state index is 0.251. The quantitative estimate of drug-likeness (QED) is 0.0948. The number of hydrogen-bond donors (Lipinski definition) is 0. The minimum Gasteiger partial charge on any atom is -0.462 e. The fourth-order valence-corrected chi connectivity index (χ4v) is 8.72. The number of alkyl halides is 2. The Morgan fingerprint density at radius 3 is 1.54 bits per heavy atom. The van der Waals surface area contributed by atoms with Crippen LogP contribution in [-0.2, 0) is 20.2 Å². The van der Waals surface area contributed by atoms with Crippen LogP contribution in [0.25, 0.3) is 0 Å². The van der Waals surface area contributed by atoms with E-state index >= 15 is 8.78 Å². The summed E-state index contributed by atoms with van der Waals surface area (Å²) in [6.07, 6.45) is 0. The molecule has 0 bridgehead atoms. The van der Waals surface area contributed by atoms with Crippen LogP contribution in [0.1, 0.15) is 12.5 Å². The van der Waals surface area contributed by atoms with Gasteiger partial charge in [-0.1, -0.05) is 91.0 Å². The van der Waals surface area contributed by atoms with Crippen LogP contribution in [0.15, 0.2) is 103 Å². The first-order chi connectivity index (χ1) is 18.7. The summed E-state index contributed by atoms with van der Waals surface area (Å²) in [5.41, 5.74) is -1.69. The van der Waals surface area contributed by atoms with Crippen molar-refractivity contribution in [2.45, 2.75) is 12.8 Å². The molecule has 0 heterocycles. The van der Waals surface area contributed by atoms with Crippen LogP contribution in [0.2, 0.25) is 0 Å². The van der Waals surface area contributed by atoms with E-state index in [1.165, 1.54) is 6.92 Å². The molecule has 0 spiro atoms. The molecule has 0 saturated heterocycles. The number of benzene rings is 4. The van der Waals surface area contributed by atoms with E-state index < -0.39 is 52.9 Å². The molecule has 4 aromatic carbocycles. The molecule has 0 fully saturated rings. The molecule has 0 N–H and O–H groups in total. The summed E-state index contributed by atoms with van der Waals surface area (Å²) >= 11 is 0. The van der Waals surface area contributed by atoms with Crippen LogP contribution in [0.3, 0.4) is 0 Å². The molecule has 0 aliphatic rings. The van der Waals surface area contributed by atoms with Gasteiger partial charge in [-0.25, -0.2) is 18.0 Å². The van der Waals surface area contributed by atoms with Crippen LogP contribution < -0.4 is 15.9 Å². The highest BCUT2D eigenvalue weighted by molar-refractivity contribution is 7.97. The lowest BCUT2D eigenvalue weighted by atomic mass is 10.0. The summed E-state index contributed by atoms with van der Waals surface area (Å²) in [5.74, 6) is -14.2. The second-order valence-corrected chi connectivity index (χ2v) is 11.7. The van der Waals surface area contributed by atoms with Gasteiger partial charge in [0.25, 0.3) is 0 Å². The standard InChI is InChI=1S/C30H22F5O3P/c1-2-38-29(37)27(28(36)30(34,35)23-18-19-24(31)26(33)25(23)32)39(20-12-6-3-7-13-20,21-14-8-4-9-15-21)22-16-10-5-11-17-22/h3-19H,2H2,1H3. The molecule has 9 heteroatoms. The van der Waals surface area contributed by atoms with Gasteiger partial charge in [0.15, 0.2) is 17.5 Å². The predicted molar refractivity (Wildman–Crippen MR) is 142 cm³/mol. The van der Waals surface area contributed by atoms with Gasteiger partial charge in [-0.15, -0.1) is 0 Å². The summed E-state index contributed by atoms with van der Waals surface area (Å²) in [5, 5.41) is 0.211. The molecule has 0 aromatic heterocycles. The van der Waals surface area contributed by atoms with Crippen molar-refractivity contribution in [2.75, 3.05) is 6.61 Å². The van der Waals surface area contributed by atoms with E-state index in [1.807, 2.05) is 0 Å². The van der Waals surface area contributed by atoms with E-state index in [-0.39, 0.29) is 6.61 Å². The van der Waals surface area contributed by atoms with Crippen molar-refractivity contribution in [1.82, 2.24) is 0 Å². The first-order valence-corrected chi connectivity index (χ1v) is 13.6. The molecule has 0 atom stereocenters. The van der Waals surface area contributed by atoms with E-state index in [0.717, 1.165) is 0 Å². The molecule has 4 rings (SSSR count). The number of hydrogen-bond acceptors (Lipinski definition) is 3. The lowest BCUT2D eigenvalue weighted by Gasteiger charge is -2.32. The van der Waals surface area contributed by atoms with E-state index in [9.17, 15) is 22.8 Å². The third-order valence-corrected chi connectivity index (χ3v) is 10.4. The Kier molecular flexibility index (Phi) is 8.17. The van der Waals surface area contributed by atoms with E-state index in [1.54, 1.807) is 91.0 Å². The fourth-order valence-electron chi connectivity index (χ4n) is 4.41. The number of ketones is 1. The van der Waals surface area contributed by atoms with Crippen molar-refractivity contribution in [2.24, 2.45) is 0 Å². The molecule has 0 radical (unpaired) electrons. The Bertz CT molecular complexity index is 1450. The average Bonchev–Trinajstić information content (AvgIpc) is 2.95. The third-order valence-electron chi connectivity index (χ3n) is 6.11. The monoisotopic (exact) mass is 556 g/mol. The van der Waals surface area contributed by atoms with Gasteiger partial charge in [-0.2, -0.15) is 8.78 Å². The number of halogens is 5. The first-order valence-electron chi connectivity index (χ1n) is 11.8. The largest absolute Gasteiger partial charge is 0.462 e. The Hall–Kier alpha value is -4.03. The molecule has 200 valence electrons. The van der Waals surface area contributed by atoms with Gasteiger partial charge >= 0.3 is 11.9 Å². The van der Waals surface area contributed by atoms with Gasteiger partial charge in [0.05, 0.1) is 12.2 Å². The lowest BCUT2D eigenvalue weighted by Crippen LogP contribution is -2.44. The molecule has 0 amide bonds. The van der Waals surface area contributed by atoms with Gasteiger partial charge in [0.2, 0.25) is 5.78 Å². The lowest BCUT2D eigenvalue weighted by molar-refractivity contribution is -0.141. The van der Waals surface area contributed by atoms with Crippen LogP contribution in [0.4, 0.5) is 22.0 Å². The highest BCUT2D eigenvalue weighted by atomic mass is 31.2. The third kappa shape index (κ3) is 4.92. The number of ether oxygens (including phenoxy) is 1. The van der Waals surface area contributed by atoms with Gasteiger partial charge < -0.3 is 4.74 Å². The fraction of sp³-hybridized carbons (Fsp3) is 0.100. The number of carbonyl (C=O) groups excluding carboxylic acids is 2. The van der Waals surface area contributed by atoms with E-state index in [2.05, 4.69) is 0 Å². The topological polar surface area (TPSA) is 43.4 Å². The van der Waals surface area contributed by atoms with Crippen LogP contribution in [0, 0.1) is 17.5 Å². The summed E-state index contributed by atoms with van der Waals surface area (Å²) in [6, 6.07) is 25.1. The Morgan fingerprint density at radius 1 is 0.692 bits per heavy atom. The van der Waals surface area contributed by atoms with E-state index in [0.29, 0.717) is 28.0 Å². The second kappa shape index (κ2) is 11.4. The summed E-state index contributed by atoms with van der Waals surface area (Å²) in [4.78, 5) is 27.6. The number of Topliss-reactive ketones (excluding diaryl/α,β-unsaturated/α-hetero) is 1. The van der Waals surface area contributed by atoms with Crippen molar-refractivity contribution in [1.29, 1.82) is 0 Å². The maximum Gasteiger partial charge on any atom is 0.343 e. The number of rotatable bonds is 8. The number of esters is 1. The molecular weight excluding hydrogens is 534 g/mol. The molecule has 0 aliphatic heterocycles. The van der Waals surface area contributed by atoms with Gasteiger partial charge in [0.1, 0.15) is 5.29 Å². The smallest absolute Gasteiger partial charge is 0.343 e. The maximum atomic E-state index is 16.0. The molecule has 0 aliphatic carbocycles. The zero-order valence-corrected chi connectivity index (χ0v) is 21.5. The van der Waals surface area contributed by atoms with Crippen LogP contribution in [0.5, 0.6) is 0 Å². The SMILES string of the molecule is CCOC(=O)C(C(=O)C(F)(F)c1ccc(F)c(F)c1F)=P(c1ccccc1)(c1ccccc1)c1ccccc1. The molecular formula is C30H22F5O3P. The molecule has 0 unspecified atom stereocenters. The van der Waals surface area contributed by atoms with E-state index in [4.69, 9.17) is 4.74 Å². The molecule has 39 heavy (non-hydrogen) atoms. The van der Waals surface area contributed by atoms with Crippen molar-refractivity contribution in [3.8, 4) is 0 Å². The number of carbonyl (C=O) groups is 2. The molecule has 4 aromatic rings. The highest BCUT2D eigenvalue weighted by Gasteiger charge is 2.51. The Labute approximate surface area is 221 Å². The molecule has 0 saturated carbocycles. The first kappa shape index (κ1) is 28.0. The summed E-state index contributed by atoms with van der Waals surface area (Å²) in [7, 11) is 0. The Balaban J connectivity index is 2.24. The zero-order valence-electron chi connectivity index (χ0n) is 20.6. The van der Waals surface area contributed by atoms with Crippen LogP contribution >= 0.6 is 6.89 Å². The summed E-state index contributed by atoms with van der Waals surface area (Å²) < 4.78 is 79.3. The zero-order chi connectivity index (χ0) is 28.2. The normalized spacial score (nSPS) is 11.6. The maximum absolute atomic E-state index is 16.0. The van der Waals surface area contributed by atoms with Crippen molar-refractivity contribution in [3.63, 3.8) is 0 Å². The van der Waals surface area contributed by atoms with Crippen LogP contribution in [-0.4, -0.2) is 23.7 Å². The predicted octanol–water partition coefficient (Wildman–Crippen LogP) is 5.49. The average molecular weight is 556 g/mol. The summed E-state index contributed by atoms with van der Waals surface area (Å²) in [6.45, 7) is -2.54. The minimum atomic E-state index is -4.76. The van der Waals surface area contributed by atoms with Crippen molar-refractivity contribution in [3.05, 3.63) is 126 Å². The molecule has 3 nitrogen and oxygen atoms in total.